The van der Waals surface area contributed by atoms with Gasteiger partial charge in [0, 0.05) is 18.5 Å². The molecule has 1 aromatic heterocycles. The van der Waals surface area contributed by atoms with Crippen molar-refractivity contribution in [1.82, 2.24) is 14.9 Å². The molecule has 0 radical (unpaired) electrons. The Morgan fingerprint density at radius 3 is 2.56 bits per heavy atom. The van der Waals surface area contributed by atoms with Gasteiger partial charge in [-0.2, -0.15) is 5.26 Å². The van der Waals surface area contributed by atoms with E-state index in [9.17, 15) is 15.2 Å². The van der Waals surface area contributed by atoms with E-state index in [2.05, 4.69) is 47.1 Å². The molecule has 0 aliphatic carbocycles. The predicted octanol–water partition coefficient (Wildman–Crippen LogP) is 5.47. The third kappa shape index (κ3) is 5.48. The van der Waals surface area contributed by atoms with E-state index < -0.39 is 5.54 Å². The number of aliphatic hydroxyl groups is 1. The van der Waals surface area contributed by atoms with Gasteiger partial charge in [0.1, 0.15) is 5.82 Å². The molecular weight excluding hydrogens is 448 g/mol. The molecule has 3 aromatic carbocycles. The first-order valence-corrected chi connectivity index (χ1v) is 12.4. The maximum absolute atomic E-state index is 12.7. The average Bonchev–Trinajstić information content (AvgIpc) is 3.23. The van der Waals surface area contributed by atoms with Crippen LogP contribution in [0, 0.1) is 11.3 Å². The molecule has 0 aliphatic heterocycles. The molecule has 0 aliphatic rings. The van der Waals surface area contributed by atoms with E-state index >= 15 is 0 Å². The smallest absolute Gasteiger partial charge is 0.251 e. The third-order valence-corrected chi connectivity index (χ3v) is 6.34. The van der Waals surface area contributed by atoms with Crippen LogP contribution in [-0.4, -0.2) is 32.7 Å². The van der Waals surface area contributed by atoms with Crippen LogP contribution in [-0.2, 0) is 13.0 Å². The third-order valence-electron chi connectivity index (χ3n) is 6.34. The summed E-state index contributed by atoms with van der Waals surface area (Å²) in [7, 11) is 0. The van der Waals surface area contributed by atoms with Gasteiger partial charge < -0.3 is 15.0 Å². The van der Waals surface area contributed by atoms with Gasteiger partial charge in [-0.1, -0.05) is 55.8 Å². The molecule has 1 amide bonds. The highest BCUT2D eigenvalue weighted by Crippen LogP contribution is 2.25. The number of nitriles is 1. The van der Waals surface area contributed by atoms with E-state index in [1.165, 1.54) is 0 Å². The Morgan fingerprint density at radius 1 is 1.11 bits per heavy atom. The lowest BCUT2D eigenvalue weighted by Crippen LogP contribution is -2.46. The molecule has 0 fully saturated rings. The van der Waals surface area contributed by atoms with Crippen molar-refractivity contribution in [3.05, 3.63) is 89.2 Å². The molecule has 0 bridgehead atoms. The average molecular weight is 481 g/mol. The number of hydrogen-bond donors (Lipinski definition) is 2. The van der Waals surface area contributed by atoms with Gasteiger partial charge in [-0.25, -0.2) is 4.98 Å². The summed E-state index contributed by atoms with van der Waals surface area (Å²) in [6.07, 6.45) is 2.96. The molecule has 0 saturated carbocycles. The maximum atomic E-state index is 12.7. The summed E-state index contributed by atoms with van der Waals surface area (Å²) in [5, 5.41) is 21.8. The Balaban J connectivity index is 1.64. The van der Waals surface area contributed by atoms with Crippen LogP contribution in [0.25, 0.3) is 22.2 Å². The van der Waals surface area contributed by atoms with Crippen LogP contribution in [0.3, 0.4) is 0 Å². The van der Waals surface area contributed by atoms with Gasteiger partial charge in [0.05, 0.1) is 34.8 Å². The number of nitrogens with zero attached hydrogens (tertiary/aromatic N) is 3. The van der Waals surface area contributed by atoms with Crippen molar-refractivity contribution in [1.29, 1.82) is 5.26 Å². The van der Waals surface area contributed by atoms with Crippen LogP contribution in [0.4, 0.5) is 0 Å². The Kier molecular flexibility index (Phi) is 7.52. The van der Waals surface area contributed by atoms with Gasteiger partial charge in [-0.05, 0) is 61.2 Å². The lowest BCUT2D eigenvalue weighted by atomic mass is 9.99. The van der Waals surface area contributed by atoms with Crippen LogP contribution in [0.5, 0.6) is 0 Å². The number of fused-ring (bicyclic) bond motifs is 1. The van der Waals surface area contributed by atoms with E-state index in [0.29, 0.717) is 17.7 Å². The Hall–Kier alpha value is -3.95. The zero-order valence-corrected chi connectivity index (χ0v) is 21.1. The Bertz CT molecular complexity index is 1410. The Labute approximate surface area is 212 Å². The molecule has 4 aromatic rings. The number of aromatic nitrogens is 2. The van der Waals surface area contributed by atoms with E-state index in [1.807, 2.05) is 42.5 Å². The topological polar surface area (TPSA) is 90.9 Å². The van der Waals surface area contributed by atoms with Gasteiger partial charge in [0.15, 0.2) is 0 Å². The van der Waals surface area contributed by atoms with Crippen LogP contribution in [0.2, 0.25) is 0 Å². The van der Waals surface area contributed by atoms with Crippen LogP contribution in [0.15, 0.2) is 66.7 Å². The molecule has 2 N–H and O–H groups in total. The van der Waals surface area contributed by atoms with E-state index in [0.717, 1.165) is 52.8 Å². The molecular formula is C30H32N4O2. The molecule has 36 heavy (non-hydrogen) atoms. The number of amides is 1. The molecule has 6 nitrogen and oxygen atoms in total. The van der Waals surface area contributed by atoms with Gasteiger partial charge in [-0.15, -0.1) is 0 Å². The molecule has 184 valence electrons. The van der Waals surface area contributed by atoms with Crippen molar-refractivity contribution in [3.63, 3.8) is 0 Å². The van der Waals surface area contributed by atoms with Crippen LogP contribution >= 0.6 is 0 Å². The van der Waals surface area contributed by atoms with E-state index in [4.69, 9.17) is 4.98 Å². The summed E-state index contributed by atoms with van der Waals surface area (Å²) in [5.41, 5.74) is 5.34. The summed E-state index contributed by atoms with van der Waals surface area (Å²) in [6, 6.07) is 23.8. The number of carbonyl (C=O) groups excluding carboxylic acids is 1. The second kappa shape index (κ2) is 10.8. The summed E-state index contributed by atoms with van der Waals surface area (Å²) in [4.78, 5) is 17.6. The molecule has 0 unspecified atom stereocenters. The lowest BCUT2D eigenvalue weighted by Gasteiger charge is -2.23. The second-order valence-corrected chi connectivity index (χ2v) is 9.77. The highest BCUT2D eigenvalue weighted by atomic mass is 16.3. The summed E-state index contributed by atoms with van der Waals surface area (Å²) >= 11 is 0. The minimum absolute atomic E-state index is 0.141. The van der Waals surface area contributed by atoms with Crippen LogP contribution in [0.1, 0.15) is 60.9 Å². The van der Waals surface area contributed by atoms with Crippen molar-refractivity contribution >= 4 is 16.9 Å². The predicted molar refractivity (Wildman–Crippen MR) is 143 cm³/mol. The maximum Gasteiger partial charge on any atom is 0.251 e. The monoisotopic (exact) mass is 480 g/mol. The first kappa shape index (κ1) is 25.2. The number of unbranched alkanes of at least 4 members (excludes halogenated alkanes) is 1. The summed E-state index contributed by atoms with van der Waals surface area (Å²) < 4.78 is 2.22. The lowest BCUT2D eigenvalue weighted by molar-refractivity contribution is 0.0869. The molecule has 0 spiro atoms. The highest BCUT2D eigenvalue weighted by Gasteiger charge is 2.21. The van der Waals surface area contributed by atoms with Gasteiger partial charge in [-0.3, -0.25) is 4.79 Å². The quantitative estimate of drug-likeness (QED) is 0.332. The highest BCUT2D eigenvalue weighted by molar-refractivity contribution is 5.97. The molecule has 6 heteroatoms. The first-order valence-electron chi connectivity index (χ1n) is 12.4. The number of aliphatic hydroxyl groups excluding tert-OH is 1. The van der Waals surface area contributed by atoms with Crippen molar-refractivity contribution in [2.75, 3.05) is 6.61 Å². The van der Waals surface area contributed by atoms with Crippen molar-refractivity contribution in [2.24, 2.45) is 0 Å². The fourth-order valence-corrected chi connectivity index (χ4v) is 4.25. The van der Waals surface area contributed by atoms with Gasteiger partial charge in [0.25, 0.3) is 5.91 Å². The fraction of sp³-hybridized carbons (Fsp3) is 0.300. The number of carbonyl (C=O) groups is 1. The van der Waals surface area contributed by atoms with Crippen molar-refractivity contribution in [3.8, 4) is 17.2 Å². The Morgan fingerprint density at radius 2 is 1.86 bits per heavy atom. The van der Waals surface area contributed by atoms with E-state index in [-0.39, 0.29) is 12.5 Å². The normalized spacial score (nSPS) is 11.4. The standard InChI is InChI=1S/C30H32N4O2/c1-4-5-10-28-32-26-17-23(29(36)33-30(2,3)20-35)15-16-27(26)34(28)19-21-11-13-22(14-12-21)25-9-7-6-8-24(25)18-31/h6-9,11-17,35H,4-5,10,19-20H2,1-3H3,(H,33,36). The van der Waals surface area contributed by atoms with Gasteiger partial charge in [0.2, 0.25) is 0 Å². The van der Waals surface area contributed by atoms with Crippen LogP contribution < -0.4 is 5.32 Å². The zero-order valence-electron chi connectivity index (χ0n) is 21.1. The summed E-state index contributed by atoms with van der Waals surface area (Å²) in [5.74, 6) is 0.771. The second-order valence-electron chi connectivity index (χ2n) is 9.77. The minimum atomic E-state index is -0.697. The largest absolute Gasteiger partial charge is 0.394 e. The fourth-order valence-electron chi connectivity index (χ4n) is 4.25. The molecule has 4 rings (SSSR count). The summed E-state index contributed by atoms with van der Waals surface area (Å²) in [6.45, 7) is 6.25. The number of nitrogens with one attached hydrogen (secondary N) is 1. The first-order chi connectivity index (χ1) is 17.3. The van der Waals surface area contributed by atoms with Gasteiger partial charge >= 0.3 is 0 Å². The number of rotatable bonds is 9. The number of benzene rings is 3. The molecule has 1 heterocycles. The van der Waals surface area contributed by atoms with Crippen molar-refractivity contribution < 1.29 is 9.90 Å². The SMILES string of the molecule is CCCCc1nc2cc(C(=O)NC(C)(C)CO)ccc2n1Cc1ccc(-c2ccccc2C#N)cc1. The van der Waals surface area contributed by atoms with E-state index in [1.54, 1.807) is 13.8 Å². The number of aryl methyl sites for hydroxylation is 1. The zero-order chi connectivity index (χ0) is 25.7. The number of hydrogen-bond acceptors (Lipinski definition) is 4. The van der Waals surface area contributed by atoms with Crippen molar-refractivity contribution in [2.45, 2.75) is 52.1 Å². The molecule has 0 saturated heterocycles. The minimum Gasteiger partial charge on any atom is -0.394 e. The molecule has 0 atom stereocenters. The number of imidazole rings is 1.